The molecule has 5 N–H and O–H groups in total. The number of ether oxygens (including phenoxy) is 1. The van der Waals surface area contributed by atoms with Crippen molar-refractivity contribution in [3.8, 4) is 11.5 Å². The van der Waals surface area contributed by atoms with Crippen molar-refractivity contribution in [1.29, 1.82) is 0 Å². The van der Waals surface area contributed by atoms with Crippen LogP contribution in [0.4, 0.5) is 5.82 Å². The summed E-state index contributed by atoms with van der Waals surface area (Å²) < 4.78 is 5.36. The van der Waals surface area contributed by atoms with Gasteiger partial charge in [0.2, 0.25) is 0 Å². The first-order chi connectivity index (χ1) is 22.9. The molecule has 0 saturated carbocycles. The maximum Gasteiger partial charge on any atom is 0.163 e. The number of benzene rings is 2. The van der Waals surface area contributed by atoms with Crippen molar-refractivity contribution in [3.05, 3.63) is 88.6 Å². The van der Waals surface area contributed by atoms with Crippen LogP contribution in [0.25, 0.3) is 6.08 Å². The van der Waals surface area contributed by atoms with Crippen LogP contribution in [0.3, 0.4) is 0 Å². The minimum Gasteiger partial charge on any atom is -0.504 e. The molecule has 0 spiro atoms. The molecule has 1 aromatic heterocycles. The number of hydrogen-bond acceptors (Lipinski definition) is 8. The number of pyridine rings is 1. The Bertz CT molecular complexity index is 1470. The molecule has 252 valence electrons. The van der Waals surface area contributed by atoms with Gasteiger partial charge >= 0.3 is 0 Å². The lowest BCUT2D eigenvalue weighted by atomic mass is 9.81. The van der Waals surface area contributed by atoms with Gasteiger partial charge in [0.1, 0.15) is 11.6 Å². The Morgan fingerprint density at radius 1 is 1.06 bits per heavy atom. The molecule has 1 saturated heterocycles. The highest BCUT2D eigenvalue weighted by Gasteiger charge is 2.22. The minimum atomic E-state index is -0.231. The summed E-state index contributed by atoms with van der Waals surface area (Å²) in [4.78, 5) is 29.8. The summed E-state index contributed by atoms with van der Waals surface area (Å²) in [7, 11) is 3.52. The summed E-state index contributed by atoms with van der Waals surface area (Å²) >= 11 is 0. The summed E-state index contributed by atoms with van der Waals surface area (Å²) in [6.45, 7) is 3.27. The molecule has 1 fully saturated rings. The average Bonchev–Trinajstić information content (AvgIpc) is 3.08. The van der Waals surface area contributed by atoms with Crippen molar-refractivity contribution in [2.75, 3.05) is 39.5 Å². The maximum absolute atomic E-state index is 12.8. The molecular formula is C39H52N4O4. The summed E-state index contributed by atoms with van der Waals surface area (Å²) in [5, 5.41) is 17.4. The SMILES string of the molecule is CNC[C@H](CCCCCC(=O)CC(=O)/C=C/c1cc(OC)c(O)cc1Cc1cnc(N)cc1CCc1ccccc1)C1CCNCC1. The van der Waals surface area contributed by atoms with Gasteiger partial charge in [-0.2, -0.15) is 0 Å². The molecule has 8 heteroatoms. The highest BCUT2D eigenvalue weighted by molar-refractivity contribution is 6.06. The Morgan fingerprint density at radius 2 is 1.85 bits per heavy atom. The van der Waals surface area contributed by atoms with Crippen LogP contribution < -0.4 is 21.1 Å². The number of carbonyl (C=O) groups is 2. The van der Waals surface area contributed by atoms with E-state index in [2.05, 4.69) is 27.8 Å². The van der Waals surface area contributed by atoms with Crippen LogP contribution in [0.15, 0.2) is 60.8 Å². The molecule has 3 aromatic rings. The normalized spacial score (nSPS) is 14.3. The number of anilines is 1. The number of aromatic hydroxyl groups is 1. The van der Waals surface area contributed by atoms with Gasteiger partial charge < -0.3 is 26.2 Å². The number of ketones is 2. The number of aryl methyl sites for hydroxylation is 2. The van der Waals surface area contributed by atoms with Crippen LogP contribution in [0.5, 0.6) is 11.5 Å². The lowest BCUT2D eigenvalue weighted by molar-refractivity contribution is -0.124. The number of nitrogens with zero attached hydrogens (tertiary/aromatic N) is 1. The molecule has 2 heterocycles. The van der Waals surface area contributed by atoms with E-state index in [-0.39, 0.29) is 23.7 Å². The fourth-order valence-electron chi connectivity index (χ4n) is 6.68. The Morgan fingerprint density at radius 3 is 2.60 bits per heavy atom. The van der Waals surface area contributed by atoms with E-state index in [0.717, 1.165) is 79.9 Å². The van der Waals surface area contributed by atoms with Crippen molar-refractivity contribution in [2.24, 2.45) is 11.8 Å². The zero-order valence-corrected chi connectivity index (χ0v) is 28.1. The second kappa shape index (κ2) is 19.0. The molecule has 0 radical (unpaired) electrons. The third-order valence-corrected chi connectivity index (χ3v) is 9.32. The Hall–Kier alpha value is -4.01. The van der Waals surface area contributed by atoms with Crippen LogP contribution >= 0.6 is 0 Å². The van der Waals surface area contributed by atoms with E-state index in [1.807, 2.05) is 31.3 Å². The van der Waals surface area contributed by atoms with Gasteiger partial charge in [0.15, 0.2) is 17.3 Å². The van der Waals surface area contributed by atoms with Gasteiger partial charge in [0, 0.05) is 12.6 Å². The number of phenolic OH excluding ortho intramolecular Hbond substituents is 1. The second-order valence-corrected chi connectivity index (χ2v) is 12.8. The predicted octanol–water partition coefficient (Wildman–Crippen LogP) is 6.08. The first kappa shape index (κ1) is 35.8. The highest BCUT2D eigenvalue weighted by Crippen LogP contribution is 2.32. The van der Waals surface area contributed by atoms with Crippen molar-refractivity contribution in [3.63, 3.8) is 0 Å². The monoisotopic (exact) mass is 640 g/mol. The van der Waals surface area contributed by atoms with E-state index < -0.39 is 0 Å². The standard InChI is InChI=1S/C39H52N4O4/c1-41-26-32(29-17-19-42-20-18-29)11-7-4-8-12-35(44)25-36(45)16-15-30-23-38(47-2)37(46)22-33(30)21-34-27-43-39(40)24-31(34)14-13-28-9-5-3-6-10-28/h3,5-6,9-10,15-16,22-24,27,29,32,41-42,46H,4,7-8,11-14,17-21,25-26H2,1-2H3,(H2,40,43)/b16-15+/t32-/m0/s1. The number of methoxy groups -OCH3 is 1. The minimum absolute atomic E-state index is 0.0171. The van der Waals surface area contributed by atoms with Gasteiger partial charge in [-0.15, -0.1) is 0 Å². The topological polar surface area (TPSA) is 127 Å². The van der Waals surface area contributed by atoms with E-state index in [0.29, 0.717) is 30.3 Å². The maximum atomic E-state index is 12.8. The molecule has 1 aliphatic rings. The number of carbonyl (C=O) groups excluding carboxylic acids is 2. The number of hydrogen-bond donors (Lipinski definition) is 4. The number of nitrogens with two attached hydrogens (primary N) is 1. The van der Waals surface area contributed by atoms with Gasteiger partial charge in [-0.05, 0) is 136 Å². The number of nitrogen functional groups attached to an aromatic ring is 1. The Balaban J connectivity index is 1.33. The molecular weight excluding hydrogens is 588 g/mol. The van der Waals surface area contributed by atoms with E-state index in [1.165, 1.54) is 38.0 Å². The number of aromatic nitrogens is 1. The molecule has 1 atom stereocenters. The fraction of sp³-hybridized carbons (Fsp3) is 0.462. The molecule has 4 rings (SSSR count). The molecule has 0 unspecified atom stereocenters. The molecule has 0 bridgehead atoms. The summed E-state index contributed by atoms with van der Waals surface area (Å²) in [5.74, 6) is 1.99. The number of phenols is 1. The second-order valence-electron chi connectivity index (χ2n) is 12.8. The molecule has 0 aliphatic carbocycles. The van der Waals surface area contributed by atoms with Crippen molar-refractivity contribution >= 4 is 23.5 Å². The number of unbranched alkanes of at least 4 members (excludes halogenated alkanes) is 2. The van der Waals surface area contributed by atoms with Gasteiger partial charge in [0.05, 0.1) is 13.5 Å². The first-order valence-corrected chi connectivity index (χ1v) is 17.1. The first-order valence-electron chi connectivity index (χ1n) is 17.1. The smallest absolute Gasteiger partial charge is 0.163 e. The van der Waals surface area contributed by atoms with Crippen molar-refractivity contribution in [1.82, 2.24) is 15.6 Å². The van der Waals surface area contributed by atoms with Crippen molar-refractivity contribution in [2.45, 2.75) is 70.6 Å². The van der Waals surface area contributed by atoms with Gasteiger partial charge in [-0.3, -0.25) is 9.59 Å². The molecule has 2 aromatic carbocycles. The van der Waals surface area contributed by atoms with Crippen LogP contribution in [0.1, 0.15) is 79.2 Å². The highest BCUT2D eigenvalue weighted by atomic mass is 16.5. The lowest BCUT2D eigenvalue weighted by Gasteiger charge is -2.30. The number of Topliss-reactive ketones (excluding diaryl/α,β-unsaturated/α-hetero) is 1. The van der Waals surface area contributed by atoms with Crippen LogP contribution in [-0.2, 0) is 28.9 Å². The van der Waals surface area contributed by atoms with E-state index in [4.69, 9.17) is 10.5 Å². The third-order valence-electron chi connectivity index (χ3n) is 9.32. The number of rotatable bonds is 19. The summed E-state index contributed by atoms with van der Waals surface area (Å²) in [6, 6.07) is 15.6. The summed E-state index contributed by atoms with van der Waals surface area (Å²) in [5.41, 5.74) is 10.9. The van der Waals surface area contributed by atoms with Gasteiger partial charge in [0.25, 0.3) is 0 Å². The average molecular weight is 641 g/mol. The third kappa shape index (κ3) is 11.6. The zero-order valence-electron chi connectivity index (χ0n) is 28.1. The van der Waals surface area contributed by atoms with Crippen molar-refractivity contribution < 1.29 is 19.4 Å². The number of piperidine rings is 1. The summed E-state index contributed by atoms with van der Waals surface area (Å²) in [6.07, 6.45) is 14.0. The van der Waals surface area contributed by atoms with E-state index in [9.17, 15) is 14.7 Å². The van der Waals surface area contributed by atoms with Crippen LogP contribution in [-0.4, -0.2) is 55.4 Å². The van der Waals surface area contributed by atoms with E-state index in [1.54, 1.807) is 24.4 Å². The molecule has 47 heavy (non-hydrogen) atoms. The molecule has 0 amide bonds. The van der Waals surface area contributed by atoms with E-state index >= 15 is 0 Å². The molecule has 8 nitrogen and oxygen atoms in total. The van der Waals surface area contributed by atoms with Crippen LogP contribution in [0.2, 0.25) is 0 Å². The van der Waals surface area contributed by atoms with Gasteiger partial charge in [-0.25, -0.2) is 4.98 Å². The predicted molar refractivity (Wildman–Crippen MR) is 190 cm³/mol. The Kier molecular flexibility index (Phi) is 14.5. The number of nitrogens with one attached hydrogen (secondary N) is 2. The largest absolute Gasteiger partial charge is 0.504 e. The lowest BCUT2D eigenvalue weighted by Crippen LogP contribution is -2.35. The quantitative estimate of drug-likeness (QED) is 0.0706. The zero-order chi connectivity index (χ0) is 33.4. The molecule has 1 aliphatic heterocycles. The number of allylic oxidation sites excluding steroid dienone is 1. The Labute approximate surface area is 280 Å². The van der Waals surface area contributed by atoms with Crippen LogP contribution in [0, 0.1) is 11.8 Å². The van der Waals surface area contributed by atoms with Gasteiger partial charge in [-0.1, -0.05) is 49.2 Å². The fourth-order valence-corrected chi connectivity index (χ4v) is 6.68.